The molecule has 1 amide bonds. The van der Waals surface area contributed by atoms with Gasteiger partial charge in [0.15, 0.2) is 0 Å². The molecule has 1 fully saturated rings. The van der Waals surface area contributed by atoms with Crippen LogP contribution in [-0.4, -0.2) is 32.7 Å². The number of benzene rings is 1. The van der Waals surface area contributed by atoms with Gasteiger partial charge < -0.3 is 4.90 Å². The molecule has 1 aliphatic rings. The van der Waals surface area contributed by atoms with Crippen molar-refractivity contribution < 1.29 is 26.7 Å². The zero-order valence-electron chi connectivity index (χ0n) is 15.2. The van der Waals surface area contributed by atoms with E-state index in [4.69, 9.17) is 0 Å². The van der Waals surface area contributed by atoms with Gasteiger partial charge in [-0.2, -0.15) is 9.49 Å². The van der Waals surface area contributed by atoms with Crippen molar-refractivity contribution in [3.05, 3.63) is 59.2 Å². The highest BCUT2D eigenvalue weighted by atomic mass is 19.3. The summed E-state index contributed by atoms with van der Waals surface area (Å²) in [6, 6.07) is 1.98. The van der Waals surface area contributed by atoms with Gasteiger partial charge in [0.05, 0.1) is 11.6 Å². The maximum absolute atomic E-state index is 14.4. The van der Waals surface area contributed by atoms with Gasteiger partial charge in [0.1, 0.15) is 22.9 Å². The summed E-state index contributed by atoms with van der Waals surface area (Å²) in [6.07, 6.45) is -2.03. The predicted molar refractivity (Wildman–Crippen MR) is 92.2 cm³/mol. The lowest BCUT2D eigenvalue weighted by molar-refractivity contribution is 0.0697. The summed E-state index contributed by atoms with van der Waals surface area (Å²) in [4.78, 5) is 14.2. The lowest BCUT2D eigenvalue weighted by Crippen LogP contribution is -2.41. The molecule has 9 heteroatoms. The van der Waals surface area contributed by atoms with Crippen molar-refractivity contribution in [3.63, 3.8) is 0 Å². The quantitative estimate of drug-likeness (QED) is 0.672. The van der Waals surface area contributed by atoms with E-state index in [1.165, 1.54) is 13.0 Å². The molecule has 150 valence electrons. The second kappa shape index (κ2) is 7.37. The highest BCUT2D eigenvalue weighted by molar-refractivity contribution is 5.97. The molecule has 1 aromatic carbocycles. The number of hydrogen-bond donors (Lipinski definition) is 0. The Morgan fingerprint density at radius 1 is 1.21 bits per heavy atom. The Hall–Kier alpha value is -2.71. The average Bonchev–Trinajstić information content (AvgIpc) is 3.40. The Bertz CT molecular complexity index is 916. The third-order valence-electron chi connectivity index (χ3n) is 4.81. The third kappa shape index (κ3) is 3.41. The first kappa shape index (κ1) is 20.0. The fraction of sp³-hybridized carbons (Fsp3) is 0.368. The molecule has 0 radical (unpaired) electrons. The lowest BCUT2D eigenvalue weighted by Gasteiger charge is -2.31. The molecule has 1 saturated carbocycles. The van der Waals surface area contributed by atoms with Crippen molar-refractivity contribution in [2.24, 2.45) is 7.05 Å². The van der Waals surface area contributed by atoms with Gasteiger partial charge in [-0.15, -0.1) is 0 Å². The molecule has 1 unspecified atom stereocenters. The standard InChI is InChI=1S/C19H18F5N3O/c1-9(14-12(20)5-4-6-13(14)21)10(2)27(11-7-8-11)19(28)15-16(17(22)23)25-26(3)18(15)24/h4-6,10-11,17H,1,7-8H2,2-3H3. The zero-order valence-corrected chi connectivity index (χ0v) is 15.2. The van der Waals surface area contributed by atoms with Crippen LogP contribution in [0.15, 0.2) is 24.8 Å². The first-order valence-electron chi connectivity index (χ1n) is 8.61. The lowest BCUT2D eigenvalue weighted by atomic mass is 9.98. The number of aromatic nitrogens is 2. The van der Waals surface area contributed by atoms with Gasteiger partial charge in [-0.25, -0.2) is 22.2 Å². The van der Waals surface area contributed by atoms with E-state index in [0.717, 1.165) is 24.1 Å². The summed E-state index contributed by atoms with van der Waals surface area (Å²) >= 11 is 0. The fourth-order valence-electron chi connectivity index (χ4n) is 3.19. The Balaban J connectivity index is 2.01. The molecular formula is C19H18F5N3O. The van der Waals surface area contributed by atoms with Gasteiger partial charge in [-0.3, -0.25) is 4.79 Å². The van der Waals surface area contributed by atoms with Gasteiger partial charge in [-0.1, -0.05) is 12.6 Å². The molecule has 1 aromatic heterocycles. The molecule has 28 heavy (non-hydrogen) atoms. The van der Waals surface area contributed by atoms with E-state index in [9.17, 15) is 26.7 Å². The molecule has 1 aliphatic carbocycles. The van der Waals surface area contributed by atoms with Crippen molar-refractivity contribution >= 4 is 11.5 Å². The summed E-state index contributed by atoms with van der Waals surface area (Å²) in [7, 11) is 1.11. The van der Waals surface area contributed by atoms with Gasteiger partial charge in [0.2, 0.25) is 5.95 Å². The van der Waals surface area contributed by atoms with Gasteiger partial charge in [0, 0.05) is 13.1 Å². The van der Waals surface area contributed by atoms with Crippen molar-refractivity contribution in [2.45, 2.75) is 38.3 Å². The topological polar surface area (TPSA) is 38.1 Å². The van der Waals surface area contributed by atoms with Crippen LogP contribution in [0.2, 0.25) is 0 Å². The smallest absolute Gasteiger partial charge is 0.283 e. The summed E-state index contributed by atoms with van der Waals surface area (Å²) in [5.74, 6) is -3.92. The Kier molecular flexibility index (Phi) is 5.27. The third-order valence-corrected chi connectivity index (χ3v) is 4.81. The number of nitrogens with zero attached hydrogens (tertiary/aromatic N) is 3. The van der Waals surface area contributed by atoms with Crippen LogP contribution >= 0.6 is 0 Å². The van der Waals surface area contributed by atoms with Crippen LogP contribution in [0.3, 0.4) is 0 Å². The fourth-order valence-corrected chi connectivity index (χ4v) is 3.19. The maximum Gasteiger partial charge on any atom is 0.283 e. The van der Waals surface area contributed by atoms with Crippen LogP contribution in [-0.2, 0) is 7.05 Å². The van der Waals surface area contributed by atoms with Crippen LogP contribution < -0.4 is 0 Å². The monoisotopic (exact) mass is 399 g/mol. The van der Waals surface area contributed by atoms with E-state index in [2.05, 4.69) is 11.7 Å². The van der Waals surface area contributed by atoms with E-state index in [-0.39, 0.29) is 11.6 Å². The minimum Gasteiger partial charge on any atom is -0.329 e. The van der Waals surface area contributed by atoms with E-state index in [1.54, 1.807) is 0 Å². The van der Waals surface area contributed by atoms with Crippen molar-refractivity contribution in [1.29, 1.82) is 0 Å². The summed E-state index contributed by atoms with van der Waals surface area (Å²) < 4.78 is 69.7. The minimum atomic E-state index is -3.15. The van der Waals surface area contributed by atoms with Gasteiger partial charge in [-0.05, 0) is 37.5 Å². The molecule has 3 rings (SSSR count). The molecule has 1 heterocycles. The predicted octanol–water partition coefficient (Wildman–Crippen LogP) is 4.48. The highest BCUT2D eigenvalue weighted by Crippen LogP contribution is 2.36. The normalized spacial score (nSPS) is 15.0. The summed E-state index contributed by atoms with van der Waals surface area (Å²) in [5.41, 5.74) is -2.24. The van der Waals surface area contributed by atoms with Gasteiger partial charge in [0.25, 0.3) is 12.3 Å². The minimum absolute atomic E-state index is 0.0428. The van der Waals surface area contributed by atoms with E-state index >= 15 is 0 Å². The van der Waals surface area contributed by atoms with Crippen LogP contribution in [0.5, 0.6) is 0 Å². The van der Waals surface area contributed by atoms with Crippen molar-refractivity contribution in [3.8, 4) is 0 Å². The second-order valence-electron chi connectivity index (χ2n) is 6.72. The molecule has 0 bridgehead atoms. The Morgan fingerprint density at radius 2 is 1.79 bits per heavy atom. The van der Waals surface area contributed by atoms with E-state index in [0.29, 0.717) is 17.5 Å². The molecular weight excluding hydrogens is 381 g/mol. The van der Waals surface area contributed by atoms with Crippen LogP contribution in [0, 0.1) is 17.6 Å². The SMILES string of the molecule is C=C(c1c(F)cccc1F)C(C)N(C(=O)c1c(C(F)F)nn(C)c1F)C1CC1. The van der Waals surface area contributed by atoms with E-state index in [1.807, 2.05) is 0 Å². The van der Waals surface area contributed by atoms with Crippen LogP contribution in [0.25, 0.3) is 5.57 Å². The Labute approximate surface area is 158 Å². The highest BCUT2D eigenvalue weighted by Gasteiger charge is 2.41. The first-order valence-corrected chi connectivity index (χ1v) is 8.61. The molecule has 0 N–H and O–H groups in total. The molecule has 0 saturated heterocycles. The van der Waals surface area contributed by atoms with Crippen LogP contribution in [0.1, 0.15) is 47.8 Å². The Morgan fingerprint density at radius 3 is 2.29 bits per heavy atom. The largest absolute Gasteiger partial charge is 0.329 e. The number of alkyl halides is 2. The molecule has 1 atom stereocenters. The number of hydrogen-bond acceptors (Lipinski definition) is 2. The van der Waals surface area contributed by atoms with Gasteiger partial charge >= 0.3 is 0 Å². The number of rotatable bonds is 6. The maximum atomic E-state index is 14.4. The number of carbonyl (C=O) groups is 1. The van der Waals surface area contributed by atoms with Crippen molar-refractivity contribution in [1.82, 2.24) is 14.7 Å². The number of aryl methyl sites for hydroxylation is 1. The molecule has 4 nitrogen and oxygen atoms in total. The zero-order chi connectivity index (χ0) is 20.7. The summed E-state index contributed by atoms with van der Waals surface area (Å²) in [5, 5.41) is 3.39. The molecule has 0 aliphatic heterocycles. The number of amides is 1. The van der Waals surface area contributed by atoms with E-state index < -0.39 is 52.8 Å². The summed E-state index contributed by atoms with van der Waals surface area (Å²) in [6.45, 7) is 5.18. The number of carbonyl (C=O) groups excluding carboxylic acids is 1. The second-order valence-corrected chi connectivity index (χ2v) is 6.72. The first-order chi connectivity index (χ1) is 13.1. The van der Waals surface area contributed by atoms with Crippen LogP contribution in [0.4, 0.5) is 22.0 Å². The molecule has 0 spiro atoms. The average molecular weight is 399 g/mol. The van der Waals surface area contributed by atoms with Crippen molar-refractivity contribution in [2.75, 3.05) is 0 Å². The number of halogens is 5. The molecule has 2 aromatic rings.